The molecule has 1 saturated heterocycles. The van der Waals surface area contributed by atoms with Crippen molar-refractivity contribution in [1.29, 1.82) is 0 Å². The zero-order valence-electron chi connectivity index (χ0n) is 14.3. The van der Waals surface area contributed by atoms with Crippen molar-refractivity contribution in [3.05, 3.63) is 30.5 Å². The van der Waals surface area contributed by atoms with Crippen LogP contribution in [0.1, 0.15) is 27.2 Å². The van der Waals surface area contributed by atoms with Crippen molar-refractivity contribution in [2.45, 2.75) is 38.9 Å². The molecule has 2 aromatic rings. The summed E-state index contributed by atoms with van der Waals surface area (Å²) in [5, 5.41) is 0.976. The first-order valence-electron chi connectivity index (χ1n) is 8.11. The molecule has 1 unspecified atom stereocenters. The molecule has 24 heavy (non-hydrogen) atoms. The number of fused-ring (bicyclic) bond motifs is 1. The van der Waals surface area contributed by atoms with Gasteiger partial charge < -0.3 is 20.1 Å². The van der Waals surface area contributed by atoms with Gasteiger partial charge in [0.25, 0.3) is 0 Å². The van der Waals surface area contributed by atoms with E-state index >= 15 is 0 Å². The molecule has 1 aliphatic rings. The number of rotatable bonds is 2. The van der Waals surface area contributed by atoms with E-state index in [4.69, 9.17) is 15.2 Å². The van der Waals surface area contributed by atoms with Gasteiger partial charge in [-0.1, -0.05) is 6.07 Å². The Morgan fingerprint density at radius 1 is 1.38 bits per heavy atom. The van der Waals surface area contributed by atoms with Crippen LogP contribution in [0.2, 0.25) is 0 Å². The van der Waals surface area contributed by atoms with E-state index < -0.39 is 5.60 Å². The number of nitrogen functional groups attached to an aromatic ring is 1. The summed E-state index contributed by atoms with van der Waals surface area (Å²) in [6, 6.07) is 7.54. The summed E-state index contributed by atoms with van der Waals surface area (Å²) in [5.41, 5.74) is 7.00. The number of pyridine rings is 1. The molecule has 1 atom stereocenters. The lowest BCUT2D eigenvalue weighted by Gasteiger charge is -2.24. The lowest BCUT2D eigenvalue weighted by molar-refractivity contribution is 0.0276. The average Bonchev–Trinajstić information content (AvgIpc) is 2.95. The maximum Gasteiger partial charge on any atom is 0.410 e. The highest BCUT2D eigenvalue weighted by Gasteiger charge is 2.31. The first kappa shape index (κ1) is 16.4. The summed E-state index contributed by atoms with van der Waals surface area (Å²) in [6.07, 6.45) is 2.09. The van der Waals surface area contributed by atoms with Gasteiger partial charge in [0.05, 0.1) is 17.7 Å². The molecule has 1 aromatic carbocycles. The molecule has 1 fully saturated rings. The molecule has 6 nitrogen and oxygen atoms in total. The normalized spacial score (nSPS) is 18.0. The molecule has 128 valence electrons. The molecule has 3 rings (SSSR count). The Labute approximate surface area is 141 Å². The Kier molecular flexibility index (Phi) is 4.22. The van der Waals surface area contributed by atoms with Gasteiger partial charge in [-0.15, -0.1) is 0 Å². The molecular formula is C18H23N3O3. The van der Waals surface area contributed by atoms with Crippen molar-refractivity contribution in [2.75, 3.05) is 18.8 Å². The SMILES string of the molecule is CC(C)(C)OC(=O)N1CCC(Oc2cc3ncccc3cc2N)C1. The van der Waals surface area contributed by atoms with Gasteiger partial charge >= 0.3 is 6.09 Å². The zero-order chi connectivity index (χ0) is 17.3. The third-order valence-corrected chi connectivity index (χ3v) is 3.82. The van der Waals surface area contributed by atoms with Crippen LogP contribution < -0.4 is 10.5 Å². The van der Waals surface area contributed by atoms with E-state index in [0.717, 1.165) is 17.3 Å². The van der Waals surface area contributed by atoms with Gasteiger partial charge in [-0.25, -0.2) is 4.79 Å². The highest BCUT2D eigenvalue weighted by Crippen LogP contribution is 2.29. The summed E-state index contributed by atoms with van der Waals surface area (Å²) in [6.45, 7) is 6.69. The fourth-order valence-corrected chi connectivity index (χ4v) is 2.72. The van der Waals surface area contributed by atoms with Crippen LogP contribution in [0, 0.1) is 0 Å². The monoisotopic (exact) mass is 329 g/mol. The van der Waals surface area contributed by atoms with Gasteiger partial charge in [-0.3, -0.25) is 4.98 Å². The molecule has 1 aromatic heterocycles. The minimum absolute atomic E-state index is 0.0963. The number of carbonyl (C=O) groups excluding carboxylic acids is 1. The van der Waals surface area contributed by atoms with Crippen LogP contribution in [-0.2, 0) is 4.74 Å². The Morgan fingerprint density at radius 3 is 2.92 bits per heavy atom. The van der Waals surface area contributed by atoms with E-state index in [2.05, 4.69) is 4.98 Å². The van der Waals surface area contributed by atoms with Crippen LogP contribution in [0.25, 0.3) is 10.9 Å². The standard InChI is InChI=1S/C18H23N3O3/c1-18(2,3)24-17(22)21-8-6-13(11-21)23-16-10-15-12(9-14(16)19)5-4-7-20-15/h4-5,7,9-10,13H,6,8,11,19H2,1-3H3. The molecule has 2 heterocycles. The van der Waals surface area contributed by atoms with Gasteiger partial charge in [0, 0.05) is 30.6 Å². The molecule has 1 amide bonds. The second-order valence-electron chi connectivity index (χ2n) is 7.04. The van der Waals surface area contributed by atoms with E-state index in [1.54, 1.807) is 11.1 Å². The predicted octanol–water partition coefficient (Wildman–Crippen LogP) is 3.21. The molecule has 2 N–H and O–H groups in total. The number of hydrogen-bond acceptors (Lipinski definition) is 5. The van der Waals surface area contributed by atoms with E-state index in [1.807, 2.05) is 45.0 Å². The number of hydrogen-bond donors (Lipinski definition) is 1. The first-order valence-corrected chi connectivity index (χ1v) is 8.11. The van der Waals surface area contributed by atoms with Gasteiger partial charge in [-0.05, 0) is 32.9 Å². The lowest BCUT2D eigenvalue weighted by Crippen LogP contribution is -2.36. The fraction of sp³-hybridized carbons (Fsp3) is 0.444. The summed E-state index contributed by atoms with van der Waals surface area (Å²) >= 11 is 0. The molecule has 0 radical (unpaired) electrons. The largest absolute Gasteiger partial charge is 0.486 e. The number of nitrogens with zero attached hydrogens (tertiary/aromatic N) is 2. The molecule has 1 aliphatic heterocycles. The second-order valence-corrected chi connectivity index (χ2v) is 7.04. The molecule has 0 bridgehead atoms. The first-order chi connectivity index (χ1) is 11.3. The number of carbonyl (C=O) groups is 1. The second kappa shape index (κ2) is 6.19. The number of aromatic nitrogens is 1. The summed E-state index contributed by atoms with van der Waals surface area (Å²) in [5.74, 6) is 0.609. The number of likely N-dealkylation sites (tertiary alicyclic amines) is 1. The minimum Gasteiger partial charge on any atom is -0.486 e. The molecule has 0 saturated carbocycles. The van der Waals surface area contributed by atoms with Crippen LogP contribution in [0.3, 0.4) is 0 Å². The fourth-order valence-electron chi connectivity index (χ4n) is 2.72. The maximum atomic E-state index is 12.1. The zero-order valence-corrected chi connectivity index (χ0v) is 14.3. The molecular weight excluding hydrogens is 306 g/mol. The molecule has 6 heteroatoms. The van der Waals surface area contributed by atoms with Gasteiger partial charge in [0.1, 0.15) is 17.5 Å². The highest BCUT2D eigenvalue weighted by molar-refractivity contribution is 5.84. The maximum absolute atomic E-state index is 12.1. The highest BCUT2D eigenvalue weighted by atomic mass is 16.6. The molecule has 0 aliphatic carbocycles. The van der Waals surface area contributed by atoms with E-state index in [1.165, 1.54) is 0 Å². The minimum atomic E-state index is -0.496. The Hall–Kier alpha value is -2.50. The van der Waals surface area contributed by atoms with Crippen LogP contribution in [0.5, 0.6) is 5.75 Å². The number of ether oxygens (including phenoxy) is 2. The van der Waals surface area contributed by atoms with Crippen LogP contribution in [0.4, 0.5) is 10.5 Å². The van der Waals surface area contributed by atoms with Crippen molar-refractivity contribution in [2.24, 2.45) is 0 Å². The number of amides is 1. The average molecular weight is 329 g/mol. The van der Waals surface area contributed by atoms with Gasteiger partial charge in [0.2, 0.25) is 0 Å². The number of anilines is 1. The van der Waals surface area contributed by atoms with Crippen LogP contribution >= 0.6 is 0 Å². The quantitative estimate of drug-likeness (QED) is 0.856. The van der Waals surface area contributed by atoms with Crippen molar-refractivity contribution in [3.8, 4) is 5.75 Å². The predicted molar refractivity (Wildman–Crippen MR) is 93.0 cm³/mol. The van der Waals surface area contributed by atoms with Crippen LogP contribution in [0.15, 0.2) is 30.5 Å². The Bertz CT molecular complexity index is 755. The van der Waals surface area contributed by atoms with Gasteiger partial charge in [-0.2, -0.15) is 0 Å². The van der Waals surface area contributed by atoms with Crippen molar-refractivity contribution >= 4 is 22.7 Å². The van der Waals surface area contributed by atoms with E-state index in [-0.39, 0.29) is 12.2 Å². The lowest BCUT2D eigenvalue weighted by atomic mass is 10.2. The molecule has 0 spiro atoms. The summed E-state index contributed by atoms with van der Waals surface area (Å²) < 4.78 is 11.4. The van der Waals surface area contributed by atoms with Crippen molar-refractivity contribution in [1.82, 2.24) is 9.88 Å². The third-order valence-electron chi connectivity index (χ3n) is 3.82. The topological polar surface area (TPSA) is 77.7 Å². The van der Waals surface area contributed by atoms with E-state index in [9.17, 15) is 4.79 Å². The van der Waals surface area contributed by atoms with Crippen molar-refractivity contribution in [3.63, 3.8) is 0 Å². The Morgan fingerprint density at radius 2 is 2.17 bits per heavy atom. The summed E-state index contributed by atoms with van der Waals surface area (Å²) in [4.78, 5) is 18.1. The smallest absolute Gasteiger partial charge is 0.410 e. The number of nitrogens with two attached hydrogens (primary N) is 1. The van der Waals surface area contributed by atoms with Crippen LogP contribution in [-0.4, -0.2) is 40.8 Å². The number of benzene rings is 1. The van der Waals surface area contributed by atoms with E-state index in [0.29, 0.717) is 24.5 Å². The Balaban J connectivity index is 1.67. The summed E-state index contributed by atoms with van der Waals surface area (Å²) in [7, 11) is 0. The van der Waals surface area contributed by atoms with Crippen molar-refractivity contribution < 1.29 is 14.3 Å². The third kappa shape index (κ3) is 3.69. The van der Waals surface area contributed by atoms with Gasteiger partial charge in [0.15, 0.2) is 0 Å².